The summed E-state index contributed by atoms with van der Waals surface area (Å²) in [5.41, 5.74) is 0.928. The van der Waals surface area contributed by atoms with Gasteiger partial charge in [-0.15, -0.1) is 6.58 Å². The maximum absolute atomic E-state index is 9.19. The molecular formula is C16H18O3. The SMILES string of the molecule is C=CCc1ccccc1O.C=O.Oc1ccccc1. The molecule has 0 fully saturated rings. The lowest BCUT2D eigenvalue weighted by Gasteiger charge is -1.97. The summed E-state index contributed by atoms with van der Waals surface area (Å²) in [4.78, 5) is 8.00. The molecule has 2 aromatic rings. The van der Waals surface area contributed by atoms with Gasteiger partial charge >= 0.3 is 0 Å². The number of phenolic OH excluding ortho intramolecular Hbond substituents is 2. The molecule has 0 bridgehead atoms. The summed E-state index contributed by atoms with van der Waals surface area (Å²) in [7, 11) is 0. The standard InChI is InChI=1S/C9H10O.C6H6O.CH2O/c1-2-5-8-6-3-4-7-9(8)10;7-6-4-2-1-3-5-6;1-2/h2-4,6-7,10H,1,5H2;1-5,7H;1H2. The van der Waals surface area contributed by atoms with E-state index in [9.17, 15) is 5.11 Å². The number of carbonyl (C=O) groups excluding carboxylic acids is 1. The predicted octanol–water partition coefficient (Wildman–Crippen LogP) is 3.33. The molecule has 0 unspecified atom stereocenters. The number of allylic oxidation sites excluding steroid dienone is 1. The quantitative estimate of drug-likeness (QED) is 0.812. The summed E-state index contributed by atoms with van der Waals surface area (Å²) < 4.78 is 0. The molecule has 0 aliphatic carbocycles. The fourth-order valence-electron chi connectivity index (χ4n) is 1.27. The van der Waals surface area contributed by atoms with Crippen molar-refractivity contribution in [2.45, 2.75) is 6.42 Å². The van der Waals surface area contributed by atoms with E-state index in [0.717, 1.165) is 12.0 Å². The van der Waals surface area contributed by atoms with E-state index in [1.807, 2.05) is 31.1 Å². The van der Waals surface area contributed by atoms with E-state index in [2.05, 4.69) is 6.58 Å². The van der Waals surface area contributed by atoms with Crippen LogP contribution in [-0.4, -0.2) is 17.0 Å². The third kappa shape index (κ3) is 7.39. The van der Waals surface area contributed by atoms with Crippen molar-refractivity contribution in [3.05, 3.63) is 72.8 Å². The second-order valence-corrected chi connectivity index (χ2v) is 3.46. The number of aromatic hydroxyl groups is 2. The maximum atomic E-state index is 9.19. The van der Waals surface area contributed by atoms with Gasteiger partial charge in [-0.3, -0.25) is 0 Å². The molecule has 3 nitrogen and oxygen atoms in total. The second-order valence-electron chi connectivity index (χ2n) is 3.46. The molecule has 0 saturated carbocycles. The Bertz CT molecular complexity index is 466. The summed E-state index contributed by atoms with van der Waals surface area (Å²) in [6.07, 6.45) is 2.50. The van der Waals surface area contributed by atoms with Crippen molar-refractivity contribution < 1.29 is 15.0 Å². The van der Waals surface area contributed by atoms with Crippen molar-refractivity contribution in [1.29, 1.82) is 0 Å². The minimum Gasteiger partial charge on any atom is -0.508 e. The van der Waals surface area contributed by atoms with E-state index in [4.69, 9.17) is 9.90 Å². The van der Waals surface area contributed by atoms with Crippen LogP contribution in [0.15, 0.2) is 67.3 Å². The Morgan fingerprint density at radius 2 is 1.42 bits per heavy atom. The zero-order valence-electron chi connectivity index (χ0n) is 10.7. The first-order chi connectivity index (χ1) is 9.24. The van der Waals surface area contributed by atoms with Crippen molar-refractivity contribution in [2.24, 2.45) is 0 Å². The first kappa shape index (κ1) is 16.4. The highest BCUT2D eigenvalue weighted by molar-refractivity contribution is 5.32. The first-order valence-electron chi connectivity index (χ1n) is 5.64. The molecule has 2 aromatic carbocycles. The lowest BCUT2D eigenvalue weighted by molar-refractivity contribution is -0.0979. The highest BCUT2D eigenvalue weighted by Crippen LogP contribution is 2.15. The zero-order chi connectivity index (χ0) is 14.5. The number of benzene rings is 2. The highest BCUT2D eigenvalue weighted by atomic mass is 16.3. The van der Waals surface area contributed by atoms with Crippen LogP contribution in [0.3, 0.4) is 0 Å². The van der Waals surface area contributed by atoms with Gasteiger partial charge in [-0.25, -0.2) is 0 Å². The van der Waals surface area contributed by atoms with Gasteiger partial charge in [-0.2, -0.15) is 0 Å². The Hall–Kier alpha value is -2.55. The molecule has 100 valence electrons. The molecule has 0 aliphatic rings. The molecule has 2 rings (SSSR count). The number of rotatable bonds is 2. The van der Waals surface area contributed by atoms with Crippen molar-refractivity contribution in [3.63, 3.8) is 0 Å². The van der Waals surface area contributed by atoms with E-state index in [0.29, 0.717) is 11.5 Å². The number of para-hydroxylation sites is 2. The average molecular weight is 258 g/mol. The highest BCUT2D eigenvalue weighted by Gasteiger charge is 1.93. The molecule has 0 amide bonds. The van der Waals surface area contributed by atoms with E-state index < -0.39 is 0 Å². The Balaban J connectivity index is 0.000000316. The topological polar surface area (TPSA) is 57.5 Å². The monoisotopic (exact) mass is 258 g/mol. The van der Waals surface area contributed by atoms with Crippen LogP contribution in [-0.2, 0) is 11.2 Å². The Morgan fingerprint density at radius 3 is 1.84 bits per heavy atom. The van der Waals surface area contributed by atoms with Crippen LogP contribution in [0.5, 0.6) is 11.5 Å². The third-order valence-electron chi connectivity index (χ3n) is 2.11. The average Bonchev–Trinajstić information content (AvgIpc) is 2.45. The molecule has 0 heterocycles. The van der Waals surface area contributed by atoms with Gasteiger partial charge in [0, 0.05) is 0 Å². The van der Waals surface area contributed by atoms with Gasteiger partial charge in [0.2, 0.25) is 0 Å². The Morgan fingerprint density at radius 1 is 0.895 bits per heavy atom. The molecule has 2 N–H and O–H groups in total. The molecule has 0 aromatic heterocycles. The lowest BCUT2D eigenvalue weighted by atomic mass is 10.1. The summed E-state index contributed by atoms with van der Waals surface area (Å²) in [5, 5.41) is 17.8. The van der Waals surface area contributed by atoms with Gasteiger partial charge < -0.3 is 15.0 Å². The molecule has 0 radical (unpaired) electrons. The second kappa shape index (κ2) is 10.6. The molecule has 3 heteroatoms. The van der Waals surface area contributed by atoms with E-state index in [1.165, 1.54) is 0 Å². The van der Waals surface area contributed by atoms with Crippen LogP contribution in [0.2, 0.25) is 0 Å². The predicted molar refractivity (Wildman–Crippen MR) is 77.2 cm³/mol. The van der Waals surface area contributed by atoms with Gasteiger partial charge in [0.15, 0.2) is 0 Å². The number of hydrogen-bond donors (Lipinski definition) is 2. The van der Waals surface area contributed by atoms with Crippen molar-refractivity contribution in [2.75, 3.05) is 0 Å². The molecule has 0 saturated heterocycles. The van der Waals surface area contributed by atoms with E-state index in [-0.39, 0.29) is 0 Å². The minimum atomic E-state index is 0.322. The Labute approximate surface area is 113 Å². The largest absolute Gasteiger partial charge is 0.508 e. The fourth-order valence-corrected chi connectivity index (χ4v) is 1.27. The van der Waals surface area contributed by atoms with Crippen LogP contribution in [0, 0.1) is 0 Å². The van der Waals surface area contributed by atoms with Crippen LogP contribution < -0.4 is 0 Å². The van der Waals surface area contributed by atoms with Gasteiger partial charge in [0.05, 0.1) is 0 Å². The Kier molecular flexibility index (Phi) is 9.17. The normalized spacial score (nSPS) is 8.21. The summed E-state index contributed by atoms with van der Waals surface area (Å²) in [5.74, 6) is 0.671. The van der Waals surface area contributed by atoms with Crippen LogP contribution in [0.4, 0.5) is 0 Å². The molecule has 19 heavy (non-hydrogen) atoms. The van der Waals surface area contributed by atoms with Gasteiger partial charge in [-0.1, -0.05) is 42.5 Å². The van der Waals surface area contributed by atoms with Gasteiger partial charge in [0.1, 0.15) is 18.3 Å². The smallest absolute Gasteiger partial charge is 0.119 e. The molecule has 0 aliphatic heterocycles. The first-order valence-corrected chi connectivity index (χ1v) is 5.64. The maximum Gasteiger partial charge on any atom is 0.119 e. The van der Waals surface area contributed by atoms with Crippen LogP contribution in [0.25, 0.3) is 0 Å². The summed E-state index contributed by atoms with van der Waals surface area (Å²) in [6, 6.07) is 16.0. The fraction of sp³-hybridized carbons (Fsp3) is 0.0625. The minimum absolute atomic E-state index is 0.322. The van der Waals surface area contributed by atoms with Gasteiger partial charge in [0.25, 0.3) is 0 Å². The molecule has 0 atom stereocenters. The van der Waals surface area contributed by atoms with E-state index >= 15 is 0 Å². The third-order valence-corrected chi connectivity index (χ3v) is 2.11. The number of carbonyl (C=O) groups is 1. The van der Waals surface area contributed by atoms with Crippen molar-refractivity contribution >= 4 is 6.79 Å². The van der Waals surface area contributed by atoms with Crippen LogP contribution >= 0.6 is 0 Å². The lowest BCUT2D eigenvalue weighted by Crippen LogP contribution is -1.79. The van der Waals surface area contributed by atoms with Crippen LogP contribution in [0.1, 0.15) is 5.56 Å². The summed E-state index contributed by atoms with van der Waals surface area (Å²) >= 11 is 0. The molecular weight excluding hydrogens is 240 g/mol. The van der Waals surface area contributed by atoms with Crippen molar-refractivity contribution in [3.8, 4) is 11.5 Å². The number of hydrogen-bond acceptors (Lipinski definition) is 3. The summed E-state index contributed by atoms with van der Waals surface area (Å²) in [6.45, 7) is 5.59. The van der Waals surface area contributed by atoms with Crippen molar-refractivity contribution in [1.82, 2.24) is 0 Å². The van der Waals surface area contributed by atoms with Gasteiger partial charge in [-0.05, 0) is 30.2 Å². The van der Waals surface area contributed by atoms with E-state index in [1.54, 1.807) is 36.4 Å². The molecule has 0 spiro atoms. The zero-order valence-corrected chi connectivity index (χ0v) is 10.7. The number of phenols is 2.